The van der Waals surface area contributed by atoms with Crippen molar-refractivity contribution in [2.24, 2.45) is 18.9 Å². The maximum atomic E-state index is 13.7. The van der Waals surface area contributed by atoms with Crippen molar-refractivity contribution in [2.45, 2.75) is 63.1 Å². The Morgan fingerprint density at radius 3 is 2.64 bits per heavy atom. The molecule has 1 aliphatic carbocycles. The number of benzene rings is 1. The van der Waals surface area contributed by atoms with Crippen LogP contribution in [-0.2, 0) is 21.9 Å². The lowest BCUT2D eigenvalue weighted by Crippen LogP contribution is -2.50. The molecule has 1 aliphatic heterocycles. The Hall–Kier alpha value is -2.96. The number of rotatable bonds is 8. The van der Waals surface area contributed by atoms with E-state index < -0.39 is 22.2 Å². The number of aliphatic hydroxyl groups excluding tert-OH is 1. The molecule has 0 spiro atoms. The summed E-state index contributed by atoms with van der Waals surface area (Å²) in [5.74, 6) is -0.378. The Labute approximate surface area is 230 Å². The predicted octanol–water partition coefficient (Wildman–Crippen LogP) is 2.48. The highest BCUT2D eigenvalue weighted by molar-refractivity contribution is 7.89. The van der Waals surface area contributed by atoms with Crippen molar-refractivity contribution in [1.82, 2.24) is 18.8 Å². The first-order valence-corrected chi connectivity index (χ1v) is 14.9. The number of sulfonamides is 1. The summed E-state index contributed by atoms with van der Waals surface area (Å²) in [6.45, 7) is 3.69. The van der Waals surface area contributed by atoms with Gasteiger partial charge in [-0.25, -0.2) is 13.4 Å². The third-order valence-corrected chi connectivity index (χ3v) is 9.41. The molecule has 4 rings (SSSR count). The Morgan fingerprint density at radius 1 is 1.28 bits per heavy atom. The third kappa shape index (κ3) is 6.44. The van der Waals surface area contributed by atoms with Crippen LogP contribution in [0.1, 0.15) is 56.3 Å². The number of hydrogen-bond donors (Lipinski definition) is 2. The van der Waals surface area contributed by atoms with Crippen LogP contribution in [0.15, 0.2) is 35.7 Å². The predicted molar refractivity (Wildman–Crippen MR) is 146 cm³/mol. The van der Waals surface area contributed by atoms with Gasteiger partial charge >= 0.3 is 0 Å². The number of aryl methyl sites for hydroxylation is 1. The number of nitrogens with one attached hydrogen (secondary N) is 1. The largest absolute Gasteiger partial charge is 0.488 e. The molecule has 2 aliphatic rings. The van der Waals surface area contributed by atoms with Crippen molar-refractivity contribution >= 4 is 27.5 Å². The fourth-order valence-corrected chi connectivity index (χ4v) is 6.30. The first kappa shape index (κ1) is 29.0. The van der Waals surface area contributed by atoms with E-state index in [1.807, 2.05) is 6.92 Å². The third-order valence-electron chi connectivity index (χ3n) is 7.70. The van der Waals surface area contributed by atoms with Crippen molar-refractivity contribution in [3.05, 3.63) is 36.3 Å². The minimum atomic E-state index is -3.86. The van der Waals surface area contributed by atoms with Crippen molar-refractivity contribution in [3.63, 3.8) is 0 Å². The Morgan fingerprint density at radius 2 is 2.00 bits per heavy atom. The van der Waals surface area contributed by atoms with Gasteiger partial charge in [-0.15, -0.1) is 0 Å². The summed E-state index contributed by atoms with van der Waals surface area (Å²) in [4.78, 5) is 32.1. The molecule has 1 aromatic carbocycles. The lowest BCUT2D eigenvalue weighted by molar-refractivity contribution is -0.120. The molecule has 0 unspecified atom stereocenters. The van der Waals surface area contributed by atoms with Gasteiger partial charge in [0.2, 0.25) is 5.91 Å². The molecule has 2 heterocycles. The highest BCUT2D eigenvalue weighted by Gasteiger charge is 2.36. The van der Waals surface area contributed by atoms with E-state index in [1.54, 1.807) is 41.6 Å². The van der Waals surface area contributed by atoms with Gasteiger partial charge < -0.3 is 24.6 Å². The molecule has 1 saturated carbocycles. The lowest BCUT2D eigenvalue weighted by Gasteiger charge is -2.38. The smallest absolute Gasteiger partial charge is 0.261 e. The fraction of sp³-hybridized carbons (Fsp3) is 0.593. The number of carbonyl (C=O) groups excluding carboxylic acids is 2. The van der Waals surface area contributed by atoms with Gasteiger partial charge in [-0.05, 0) is 38.0 Å². The van der Waals surface area contributed by atoms with Crippen LogP contribution in [0.25, 0.3) is 0 Å². The van der Waals surface area contributed by atoms with E-state index in [-0.39, 0.29) is 53.9 Å². The number of aliphatic hydroxyl groups is 1. The zero-order valence-electron chi connectivity index (χ0n) is 23.0. The minimum Gasteiger partial charge on any atom is -0.488 e. The summed E-state index contributed by atoms with van der Waals surface area (Å²) >= 11 is 0. The molecule has 2 N–H and O–H groups in total. The van der Waals surface area contributed by atoms with Crippen LogP contribution in [0.5, 0.6) is 5.75 Å². The molecule has 12 heteroatoms. The molecule has 1 fully saturated rings. The summed E-state index contributed by atoms with van der Waals surface area (Å²) in [5.41, 5.74) is 0.752. The van der Waals surface area contributed by atoms with E-state index in [0.29, 0.717) is 11.4 Å². The van der Waals surface area contributed by atoms with Gasteiger partial charge in [-0.3, -0.25) is 9.59 Å². The molecule has 214 valence electrons. The Kier molecular flexibility index (Phi) is 8.97. The van der Waals surface area contributed by atoms with Crippen LogP contribution in [0.2, 0.25) is 0 Å². The van der Waals surface area contributed by atoms with E-state index >= 15 is 0 Å². The zero-order chi connectivity index (χ0) is 28.3. The molecule has 0 saturated heterocycles. The van der Waals surface area contributed by atoms with Gasteiger partial charge in [-0.2, -0.15) is 4.31 Å². The summed E-state index contributed by atoms with van der Waals surface area (Å²) in [6.07, 6.45) is 7.19. The van der Waals surface area contributed by atoms with Gasteiger partial charge in [0.15, 0.2) is 5.03 Å². The second kappa shape index (κ2) is 12.1. The second-order valence-corrected chi connectivity index (χ2v) is 12.8. The van der Waals surface area contributed by atoms with Crippen LogP contribution in [0.3, 0.4) is 0 Å². The average molecular weight is 562 g/mol. The van der Waals surface area contributed by atoms with E-state index in [1.165, 1.54) is 23.9 Å². The number of ether oxygens (including phenoxy) is 1. The molecule has 2 aromatic rings. The molecule has 0 radical (unpaired) electrons. The topological polar surface area (TPSA) is 134 Å². The van der Waals surface area contributed by atoms with Crippen molar-refractivity contribution in [2.75, 3.05) is 32.1 Å². The highest BCUT2D eigenvalue weighted by Crippen LogP contribution is 2.32. The Bertz CT molecular complexity index is 1290. The molecule has 3 atom stereocenters. The number of amides is 2. The molecular weight excluding hydrogens is 522 g/mol. The van der Waals surface area contributed by atoms with Crippen LogP contribution < -0.4 is 10.1 Å². The van der Waals surface area contributed by atoms with Gasteiger partial charge in [0.1, 0.15) is 11.9 Å². The molecule has 1 aromatic heterocycles. The fourth-order valence-electron chi connectivity index (χ4n) is 5.16. The molecular formula is C27H39N5O6S. The van der Waals surface area contributed by atoms with E-state index in [9.17, 15) is 23.1 Å². The maximum absolute atomic E-state index is 13.7. The normalized spacial score (nSPS) is 21.6. The van der Waals surface area contributed by atoms with Gasteiger partial charge in [-0.1, -0.05) is 26.2 Å². The van der Waals surface area contributed by atoms with Crippen molar-refractivity contribution in [1.29, 1.82) is 0 Å². The van der Waals surface area contributed by atoms with Gasteiger partial charge in [0.05, 0.1) is 31.1 Å². The average Bonchev–Trinajstić information content (AvgIpc) is 3.38. The van der Waals surface area contributed by atoms with Crippen molar-refractivity contribution < 1.29 is 27.9 Å². The van der Waals surface area contributed by atoms with Crippen LogP contribution in [-0.4, -0.2) is 83.0 Å². The van der Waals surface area contributed by atoms with Gasteiger partial charge in [0, 0.05) is 44.4 Å². The Balaban J connectivity index is 1.62. The zero-order valence-corrected chi connectivity index (χ0v) is 23.9. The minimum absolute atomic E-state index is 0.0230. The molecule has 2 amide bonds. The van der Waals surface area contributed by atoms with Gasteiger partial charge in [0.25, 0.3) is 15.9 Å². The summed E-state index contributed by atoms with van der Waals surface area (Å²) in [6, 6.07) is 4.48. The summed E-state index contributed by atoms with van der Waals surface area (Å²) < 4.78 is 35.3. The van der Waals surface area contributed by atoms with E-state index in [2.05, 4.69) is 10.3 Å². The van der Waals surface area contributed by atoms with Crippen LogP contribution >= 0.6 is 0 Å². The number of imidazole rings is 1. The summed E-state index contributed by atoms with van der Waals surface area (Å²) in [5, 5.41) is 12.8. The monoisotopic (exact) mass is 561 g/mol. The molecule has 0 bridgehead atoms. The number of anilines is 1. The highest BCUT2D eigenvalue weighted by atomic mass is 32.2. The maximum Gasteiger partial charge on any atom is 0.261 e. The summed E-state index contributed by atoms with van der Waals surface area (Å²) in [7, 11) is -0.690. The van der Waals surface area contributed by atoms with Crippen molar-refractivity contribution in [3.8, 4) is 5.75 Å². The lowest BCUT2D eigenvalue weighted by atomic mass is 9.88. The van der Waals surface area contributed by atoms with E-state index in [4.69, 9.17) is 4.74 Å². The number of likely N-dealkylation sites (N-methyl/N-ethyl adjacent to an activating group) is 1. The number of nitrogens with zero attached hydrogens (tertiary/aromatic N) is 4. The number of aromatic nitrogens is 2. The van der Waals surface area contributed by atoms with Crippen LogP contribution in [0, 0.1) is 11.8 Å². The molecule has 11 nitrogen and oxygen atoms in total. The first-order chi connectivity index (χ1) is 18.5. The SMILES string of the molecule is C[C@@H]1CN([C@@H](C)CO)C(=O)c2cc(NC(=O)C3CCCCC3)ccc2O[C@H]1CN(C)S(=O)(=O)c1cn(C)cn1. The number of fused-ring (bicyclic) bond motifs is 1. The quantitative estimate of drug-likeness (QED) is 0.506. The van der Waals surface area contributed by atoms with E-state index in [0.717, 1.165) is 32.1 Å². The standard InChI is InChI=1S/C27H39N5O6S/c1-18-13-32(19(2)16-33)27(35)22-12-21(29-26(34)20-8-6-5-7-9-20)10-11-23(22)38-24(18)14-31(4)39(36,37)25-15-30(3)17-28-25/h10-12,15,17-20,24,33H,5-9,13-14,16H2,1-4H3,(H,29,34)/t18-,19+,24+/m1/s1. The second-order valence-electron chi connectivity index (χ2n) is 10.8. The van der Waals surface area contributed by atoms with Crippen LogP contribution in [0.4, 0.5) is 5.69 Å². The number of hydrogen-bond acceptors (Lipinski definition) is 7. The first-order valence-electron chi connectivity index (χ1n) is 13.5. The number of carbonyl (C=O) groups is 2. The molecule has 39 heavy (non-hydrogen) atoms.